The molecule has 7 nitrogen and oxygen atoms in total. The van der Waals surface area contributed by atoms with Crippen molar-refractivity contribution in [2.24, 2.45) is 5.14 Å². The van der Waals surface area contributed by atoms with E-state index in [0.29, 0.717) is 12.5 Å². The van der Waals surface area contributed by atoms with Gasteiger partial charge in [-0.3, -0.25) is 4.79 Å². The van der Waals surface area contributed by atoms with Gasteiger partial charge in [-0.25, -0.2) is 18.5 Å². The van der Waals surface area contributed by atoms with Gasteiger partial charge in [0.2, 0.25) is 15.9 Å². The Labute approximate surface area is 132 Å². The largest absolute Gasteiger partial charge is 0.478 e. The molecule has 22 heavy (non-hydrogen) atoms. The van der Waals surface area contributed by atoms with Crippen molar-refractivity contribution in [3.8, 4) is 5.88 Å². The zero-order valence-electron chi connectivity index (χ0n) is 11.8. The van der Waals surface area contributed by atoms with Gasteiger partial charge in [0.1, 0.15) is 4.21 Å². The van der Waals surface area contributed by atoms with E-state index in [1.54, 1.807) is 18.3 Å². The minimum absolute atomic E-state index is 0.0472. The maximum absolute atomic E-state index is 12.0. The fraction of sp³-hybridized carbons (Fsp3) is 0.231. The zero-order valence-corrected chi connectivity index (χ0v) is 13.4. The van der Waals surface area contributed by atoms with E-state index < -0.39 is 15.9 Å². The van der Waals surface area contributed by atoms with Gasteiger partial charge in [-0.05, 0) is 19.1 Å². The van der Waals surface area contributed by atoms with Gasteiger partial charge in [0, 0.05) is 23.7 Å². The summed E-state index contributed by atoms with van der Waals surface area (Å²) >= 11 is 0.907. The number of thiophene rings is 1. The van der Waals surface area contributed by atoms with E-state index in [9.17, 15) is 13.2 Å². The van der Waals surface area contributed by atoms with Crippen LogP contribution in [-0.4, -0.2) is 25.9 Å². The zero-order chi connectivity index (χ0) is 16.2. The van der Waals surface area contributed by atoms with Crippen molar-refractivity contribution in [3.63, 3.8) is 0 Å². The molecule has 3 N–H and O–H groups in total. The molecule has 2 heterocycles. The Bertz CT molecular complexity index is 771. The fourth-order valence-corrected chi connectivity index (χ4v) is 3.27. The molecular formula is C13H15N3O4S2. The molecule has 118 valence electrons. The summed E-state index contributed by atoms with van der Waals surface area (Å²) in [5.74, 6) is 0.0679. The first-order valence-electron chi connectivity index (χ1n) is 6.38. The molecule has 2 aromatic rings. The molecule has 0 aromatic carbocycles. The number of carbonyl (C=O) groups excluding carboxylic acids is 1. The maximum Gasteiger partial charge on any atom is 0.252 e. The van der Waals surface area contributed by atoms with E-state index in [1.165, 1.54) is 11.4 Å². The van der Waals surface area contributed by atoms with Gasteiger partial charge in [-0.15, -0.1) is 11.3 Å². The van der Waals surface area contributed by atoms with Crippen molar-refractivity contribution < 1.29 is 17.9 Å². The number of hydrogen-bond acceptors (Lipinski definition) is 6. The second-order valence-electron chi connectivity index (χ2n) is 4.28. The lowest BCUT2D eigenvalue weighted by Crippen LogP contribution is -2.23. The number of carbonyl (C=O) groups is 1. The van der Waals surface area contributed by atoms with Crippen molar-refractivity contribution >= 4 is 27.3 Å². The van der Waals surface area contributed by atoms with Gasteiger partial charge in [0.15, 0.2) is 0 Å². The first-order valence-corrected chi connectivity index (χ1v) is 8.80. The summed E-state index contributed by atoms with van der Waals surface area (Å²) in [5.41, 5.74) is 0.982. The van der Waals surface area contributed by atoms with E-state index in [4.69, 9.17) is 9.88 Å². The lowest BCUT2D eigenvalue weighted by atomic mass is 10.2. The summed E-state index contributed by atoms with van der Waals surface area (Å²) in [7, 11) is -3.79. The predicted octanol–water partition coefficient (Wildman–Crippen LogP) is 1.12. The quantitative estimate of drug-likeness (QED) is 0.818. The molecule has 0 aliphatic heterocycles. The van der Waals surface area contributed by atoms with Gasteiger partial charge in [0.05, 0.1) is 12.2 Å². The first kappa shape index (κ1) is 16.4. The molecule has 1 amide bonds. The number of nitrogens with two attached hydrogens (primary N) is 1. The Morgan fingerprint density at radius 2 is 2.27 bits per heavy atom. The summed E-state index contributed by atoms with van der Waals surface area (Å²) in [6, 6.07) is 4.79. The number of nitrogens with one attached hydrogen (secondary N) is 1. The number of pyridine rings is 1. The van der Waals surface area contributed by atoms with Crippen LogP contribution >= 0.6 is 11.3 Å². The Morgan fingerprint density at radius 1 is 1.50 bits per heavy atom. The molecule has 0 aliphatic carbocycles. The van der Waals surface area contributed by atoms with E-state index in [-0.39, 0.29) is 16.3 Å². The van der Waals surface area contributed by atoms with Crippen LogP contribution in [0.5, 0.6) is 5.88 Å². The minimum atomic E-state index is -3.79. The first-order chi connectivity index (χ1) is 10.4. The second kappa shape index (κ2) is 6.86. The van der Waals surface area contributed by atoms with Crippen LogP contribution in [0.15, 0.2) is 34.0 Å². The van der Waals surface area contributed by atoms with Crippen molar-refractivity contribution in [3.05, 3.63) is 40.9 Å². The van der Waals surface area contributed by atoms with E-state index >= 15 is 0 Å². The van der Waals surface area contributed by atoms with Crippen LogP contribution in [0.25, 0.3) is 0 Å². The highest BCUT2D eigenvalue weighted by molar-refractivity contribution is 7.91. The van der Waals surface area contributed by atoms with Crippen LogP contribution in [0.3, 0.4) is 0 Å². The van der Waals surface area contributed by atoms with Gasteiger partial charge >= 0.3 is 0 Å². The van der Waals surface area contributed by atoms with E-state index in [0.717, 1.165) is 16.9 Å². The molecule has 0 fully saturated rings. The molecule has 0 saturated heterocycles. The normalized spacial score (nSPS) is 11.2. The Morgan fingerprint density at radius 3 is 2.91 bits per heavy atom. The minimum Gasteiger partial charge on any atom is -0.478 e. The Kier molecular flexibility index (Phi) is 5.11. The molecule has 0 bridgehead atoms. The fourth-order valence-electron chi connectivity index (χ4n) is 1.69. The summed E-state index contributed by atoms with van der Waals surface area (Å²) in [6.07, 6.45) is 1.60. The van der Waals surface area contributed by atoms with Crippen LogP contribution in [0, 0.1) is 0 Å². The molecule has 0 atom stereocenters. The smallest absolute Gasteiger partial charge is 0.252 e. The summed E-state index contributed by atoms with van der Waals surface area (Å²) in [4.78, 5) is 16.1. The van der Waals surface area contributed by atoms with Crippen LogP contribution in [0.1, 0.15) is 22.8 Å². The van der Waals surface area contributed by atoms with Gasteiger partial charge in [0.25, 0.3) is 5.91 Å². The van der Waals surface area contributed by atoms with Crippen molar-refractivity contribution in [1.29, 1.82) is 0 Å². The van der Waals surface area contributed by atoms with Gasteiger partial charge < -0.3 is 10.1 Å². The number of primary sulfonamides is 1. The molecule has 0 spiro atoms. The Balaban J connectivity index is 2.06. The predicted molar refractivity (Wildman–Crippen MR) is 82.3 cm³/mol. The third-order valence-corrected chi connectivity index (χ3v) is 5.07. The highest BCUT2D eigenvalue weighted by Gasteiger charge is 2.15. The van der Waals surface area contributed by atoms with Crippen LogP contribution in [-0.2, 0) is 16.6 Å². The monoisotopic (exact) mass is 341 g/mol. The van der Waals surface area contributed by atoms with Gasteiger partial charge in [-0.1, -0.05) is 6.07 Å². The molecule has 9 heteroatoms. The lowest BCUT2D eigenvalue weighted by Gasteiger charge is -2.09. The molecule has 2 rings (SSSR count). The van der Waals surface area contributed by atoms with Gasteiger partial charge in [-0.2, -0.15) is 0 Å². The third kappa shape index (κ3) is 4.03. The van der Waals surface area contributed by atoms with E-state index in [2.05, 4.69) is 10.3 Å². The average Bonchev–Trinajstić information content (AvgIpc) is 2.96. The number of ether oxygens (including phenoxy) is 1. The number of nitrogens with zero attached hydrogens (tertiary/aromatic N) is 1. The maximum atomic E-state index is 12.0. The van der Waals surface area contributed by atoms with E-state index in [1.807, 2.05) is 6.92 Å². The molecule has 0 saturated carbocycles. The average molecular weight is 341 g/mol. The number of amides is 1. The molecule has 0 radical (unpaired) electrons. The molecule has 0 unspecified atom stereocenters. The van der Waals surface area contributed by atoms with Crippen molar-refractivity contribution in [2.75, 3.05) is 6.61 Å². The lowest BCUT2D eigenvalue weighted by molar-refractivity contribution is 0.0951. The van der Waals surface area contributed by atoms with Crippen LogP contribution < -0.4 is 15.2 Å². The third-order valence-electron chi connectivity index (χ3n) is 2.69. The highest BCUT2D eigenvalue weighted by Crippen LogP contribution is 2.19. The molecular weight excluding hydrogens is 326 g/mol. The standard InChI is InChI=1S/C13H15N3O4S2/c1-2-20-13-9(4-3-5-15-13)7-16-12(17)10-6-11(21-8-10)22(14,18)19/h3-6,8H,2,7H2,1H3,(H,16,17)(H2,14,18,19). The highest BCUT2D eigenvalue weighted by atomic mass is 32.2. The number of rotatable bonds is 6. The Hall–Kier alpha value is -1.97. The van der Waals surface area contributed by atoms with Crippen LogP contribution in [0.2, 0.25) is 0 Å². The number of hydrogen-bond donors (Lipinski definition) is 2. The number of aromatic nitrogens is 1. The topological polar surface area (TPSA) is 111 Å². The molecule has 2 aromatic heterocycles. The summed E-state index contributed by atoms with van der Waals surface area (Å²) < 4.78 is 27.7. The summed E-state index contributed by atoms with van der Waals surface area (Å²) in [6.45, 7) is 2.54. The SMILES string of the molecule is CCOc1ncccc1CNC(=O)c1csc(S(N)(=O)=O)c1. The summed E-state index contributed by atoms with van der Waals surface area (Å²) in [5, 5.41) is 9.15. The number of sulfonamides is 1. The van der Waals surface area contributed by atoms with Crippen molar-refractivity contribution in [2.45, 2.75) is 17.7 Å². The molecule has 0 aliphatic rings. The van der Waals surface area contributed by atoms with Crippen molar-refractivity contribution in [1.82, 2.24) is 10.3 Å². The van der Waals surface area contributed by atoms with Crippen LogP contribution in [0.4, 0.5) is 0 Å². The second-order valence-corrected chi connectivity index (χ2v) is 6.98.